The average Bonchev–Trinajstić information content (AvgIpc) is 2.29. The van der Waals surface area contributed by atoms with E-state index in [0.29, 0.717) is 6.54 Å². The summed E-state index contributed by atoms with van der Waals surface area (Å²) in [6, 6.07) is 4.82. The Morgan fingerprint density at radius 3 is 2.69 bits per heavy atom. The van der Waals surface area contributed by atoms with Crippen LogP contribution in [0.15, 0.2) is 18.2 Å². The summed E-state index contributed by atoms with van der Waals surface area (Å²) in [4.78, 5) is 2.15. The van der Waals surface area contributed by atoms with Crippen molar-refractivity contribution in [2.75, 3.05) is 18.5 Å². The van der Waals surface area contributed by atoms with Crippen molar-refractivity contribution in [2.24, 2.45) is 5.73 Å². The van der Waals surface area contributed by atoms with E-state index in [2.05, 4.69) is 11.8 Å². The third-order valence-corrected chi connectivity index (χ3v) is 2.77. The van der Waals surface area contributed by atoms with Gasteiger partial charge in [0.05, 0.1) is 0 Å². The highest BCUT2D eigenvalue weighted by molar-refractivity contribution is 5.53. The molecule has 0 heterocycles. The molecule has 2 N–H and O–H groups in total. The Labute approximate surface area is 97.3 Å². The van der Waals surface area contributed by atoms with Crippen LogP contribution in [0.25, 0.3) is 0 Å². The predicted molar refractivity (Wildman–Crippen MR) is 67.1 cm³/mol. The number of anilines is 1. The second-order valence-electron chi connectivity index (χ2n) is 4.11. The molecular formula is C13H21FN2. The molecule has 0 aromatic heterocycles. The van der Waals surface area contributed by atoms with Crippen LogP contribution in [-0.4, -0.2) is 13.6 Å². The van der Waals surface area contributed by atoms with Crippen LogP contribution in [0.1, 0.15) is 31.7 Å². The second kappa shape index (κ2) is 6.48. The zero-order valence-corrected chi connectivity index (χ0v) is 10.2. The molecule has 2 nitrogen and oxygen atoms in total. The van der Waals surface area contributed by atoms with E-state index >= 15 is 0 Å². The first-order valence-electron chi connectivity index (χ1n) is 5.88. The molecule has 0 aliphatic rings. The minimum atomic E-state index is -0.217. The molecule has 0 bridgehead atoms. The van der Waals surface area contributed by atoms with Crippen molar-refractivity contribution in [2.45, 2.75) is 32.7 Å². The summed E-state index contributed by atoms with van der Waals surface area (Å²) >= 11 is 0. The van der Waals surface area contributed by atoms with E-state index in [1.54, 1.807) is 0 Å². The maximum atomic E-state index is 13.0. The van der Waals surface area contributed by atoms with Crippen molar-refractivity contribution in [3.63, 3.8) is 0 Å². The minimum absolute atomic E-state index is 0.217. The zero-order valence-electron chi connectivity index (χ0n) is 10.2. The van der Waals surface area contributed by atoms with Gasteiger partial charge in [0.25, 0.3) is 0 Å². The maximum absolute atomic E-state index is 13.0. The molecule has 90 valence electrons. The summed E-state index contributed by atoms with van der Waals surface area (Å²) < 4.78 is 13.0. The number of nitrogens with two attached hydrogens (primary N) is 1. The van der Waals surface area contributed by atoms with Gasteiger partial charge >= 0.3 is 0 Å². The van der Waals surface area contributed by atoms with Crippen molar-refractivity contribution in [3.05, 3.63) is 29.6 Å². The highest BCUT2D eigenvalue weighted by atomic mass is 19.1. The Morgan fingerprint density at radius 1 is 1.31 bits per heavy atom. The number of nitrogens with zero attached hydrogens (tertiary/aromatic N) is 1. The van der Waals surface area contributed by atoms with E-state index in [-0.39, 0.29) is 5.82 Å². The molecule has 0 aliphatic heterocycles. The monoisotopic (exact) mass is 224 g/mol. The fourth-order valence-electron chi connectivity index (χ4n) is 1.81. The number of unbranched alkanes of at least 4 members (excludes halogenated alkanes) is 2. The van der Waals surface area contributed by atoms with Crippen LogP contribution in [0.2, 0.25) is 0 Å². The summed E-state index contributed by atoms with van der Waals surface area (Å²) in [6.45, 7) is 3.56. The van der Waals surface area contributed by atoms with Gasteiger partial charge in [0.1, 0.15) is 5.82 Å². The van der Waals surface area contributed by atoms with Crippen molar-refractivity contribution >= 4 is 5.69 Å². The van der Waals surface area contributed by atoms with Gasteiger partial charge < -0.3 is 10.6 Å². The maximum Gasteiger partial charge on any atom is 0.123 e. The van der Waals surface area contributed by atoms with Crippen LogP contribution in [0.4, 0.5) is 10.1 Å². The molecule has 0 saturated carbocycles. The molecule has 1 aromatic rings. The third kappa shape index (κ3) is 3.49. The molecule has 0 spiro atoms. The number of hydrogen-bond acceptors (Lipinski definition) is 2. The third-order valence-electron chi connectivity index (χ3n) is 2.77. The Bertz CT molecular complexity index is 326. The standard InChI is InChI=1S/C13H21FN2/c1-3-4-5-8-16(2)13-7-6-12(14)9-11(13)10-15/h6-7,9H,3-5,8,10,15H2,1-2H3. The zero-order chi connectivity index (χ0) is 12.0. The van der Waals surface area contributed by atoms with Crippen molar-refractivity contribution in [1.29, 1.82) is 0 Å². The molecule has 3 heteroatoms. The normalized spacial score (nSPS) is 10.5. The van der Waals surface area contributed by atoms with E-state index in [0.717, 1.165) is 24.2 Å². The smallest absolute Gasteiger partial charge is 0.123 e. The van der Waals surface area contributed by atoms with Gasteiger partial charge in [0.2, 0.25) is 0 Å². The van der Waals surface area contributed by atoms with Gasteiger partial charge in [-0.25, -0.2) is 4.39 Å². The number of rotatable bonds is 6. The van der Waals surface area contributed by atoms with Crippen LogP contribution in [0.5, 0.6) is 0 Å². The van der Waals surface area contributed by atoms with Gasteiger partial charge in [-0.3, -0.25) is 0 Å². The van der Waals surface area contributed by atoms with Crippen LogP contribution < -0.4 is 10.6 Å². The molecular weight excluding hydrogens is 203 g/mol. The molecule has 0 unspecified atom stereocenters. The van der Waals surface area contributed by atoms with E-state index < -0.39 is 0 Å². The van der Waals surface area contributed by atoms with Crippen molar-refractivity contribution in [3.8, 4) is 0 Å². The Morgan fingerprint density at radius 2 is 2.06 bits per heavy atom. The summed E-state index contributed by atoms with van der Waals surface area (Å²) in [6.07, 6.45) is 3.60. The lowest BCUT2D eigenvalue weighted by Gasteiger charge is -2.22. The Hall–Kier alpha value is -1.09. The van der Waals surface area contributed by atoms with E-state index in [4.69, 9.17) is 5.73 Å². The minimum Gasteiger partial charge on any atom is -0.374 e. The first-order valence-corrected chi connectivity index (χ1v) is 5.88. The molecule has 0 atom stereocenters. The first-order chi connectivity index (χ1) is 7.69. The fraction of sp³-hybridized carbons (Fsp3) is 0.538. The average molecular weight is 224 g/mol. The lowest BCUT2D eigenvalue weighted by molar-refractivity contribution is 0.624. The van der Waals surface area contributed by atoms with Crippen LogP contribution in [0, 0.1) is 5.82 Å². The molecule has 1 aromatic carbocycles. The molecule has 1 rings (SSSR count). The molecule has 0 aliphatic carbocycles. The highest BCUT2D eigenvalue weighted by Crippen LogP contribution is 2.20. The predicted octanol–water partition coefficient (Wildman–Crippen LogP) is 2.91. The van der Waals surface area contributed by atoms with Gasteiger partial charge in [-0.05, 0) is 30.2 Å². The van der Waals surface area contributed by atoms with E-state index in [1.165, 1.54) is 25.0 Å². The molecule has 0 radical (unpaired) electrons. The number of benzene rings is 1. The van der Waals surface area contributed by atoms with Gasteiger partial charge in [0, 0.05) is 25.8 Å². The molecule has 0 amide bonds. The van der Waals surface area contributed by atoms with Gasteiger partial charge in [-0.2, -0.15) is 0 Å². The topological polar surface area (TPSA) is 29.3 Å². The lowest BCUT2D eigenvalue weighted by atomic mass is 10.1. The van der Waals surface area contributed by atoms with Gasteiger partial charge in [-0.1, -0.05) is 19.8 Å². The van der Waals surface area contributed by atoms with Crippen LogP contribution >= 0.6 is 0 Å². The van der Waals surface area contributed by atoms with Crippen LogP contribution in [0.3, 0.4) is 0 Å². The SMILES string of the molecule is CCCCCN(C)c1ccc(F)cc1CN. The van der Waals surface area contributed by atoms with Gasteiger partial charge in [-0.15, -0.1) is 0 Å². The van der Waals surface area contributed by atoms with Crippen molar-refractivity contribution < 1.29 is 4.39 Å². The Balaban J connectivity index is 2.70. The van der Waals surface area contributed by atoms with Crippen LogP contribution in [-0.2, 0) is 6.54 Å². The first kappa shape index (κ1) is 13.0. The Kier molecular flexibility index (Phi) is 5.26. The largest absolute Gasteiger partial charge is 0.374 e. The fourth-order valence-corrected chi connectivity index (χ4v) is 1.81. The van der Waals surface area contributed by atoms with E-state index in [1.807, 2.05) is 13.1 Å². The molecule has 0 saturated heterocycles. The summed E-state index contributed by atoms with van der Waals surface area (Å²) in [5.74, 6) is -0.217. The van der Waals surface area contributed by atoms with Crippen molar-refractivity contribution in [1.82, 2.24) is 0 Å². The molecule has 0 fully saturated rings. The molecule has 16 heavy (non-hydrogen) atoms. The summed E-state index contributed by atoms with van der Waals surface area (Å²) in [5, 5.41) is 0. The van der Waals surface area contributed by atoms with Gasteiger partial charge in [0.15, 0.2) is 0 Å². The number of hydrogen-bond donors (Lipinski definition) is 1. The second-order valence-corrected chi connectivity index (χ2v) is 4.11. The summed E-state index contributed by atoms with van der Waals surface area (Å²) in [7, 11) is 2.03. The number of halogens is 1. The quantitative estimate of drug-likeness (QED) is 0.753. The lowest BCUT2D eigenvalue weighted by Crippen LogP contribution is -2.20. The highest BCUT2D eigenvalue weighted by Gasteiger charge is 2.07. The summed E-state index contributed by atoms with van der Waals surface area (Å²) in [5.41, 5.74) is 7.53. The van der Waals surface area contributed by atoms with E-state index in [9.17, 15) is 4.39 Å².